The van der Waals surface area contributed by atoms with Gasteiger partial charge in [-0.2, -0.15) is 0 Å². The zero-order valence-corrected chi connectivity index (χ0v) is 19.4. The Balaban J connectivity index is 0.00000364. The second-order valence-electron chi connectivity index (χ2n) is 6.02. The maximum Gasteiger partial charge on any atom is 0.263 e. The molecule has 2 N–H and O–H groups in total. The lowest BCUT2D eigenvalue weighted by Crippen LogP contribution is -2.42. The molecule has 148 valence electrons. The molecule has 0 radical (unpaired) electrons. The summed E-state index contributed by atoms with van der Waals surface area (Å²) in [5.74, 6) is 0.721. The van der Waals surface area contributed by atoms with Crippen LogP contribution in [0.2, 0.25) is 0 Å². The van der Waals surface area contributed by atoms with Crippen molar-refractivity contribution in [2.45, 2.75) is 26.8 Å². The number of aryl methyl sites for hydroxylation is 2. The Morgan fingerprint density at radius 1 is 1.19 bits per heavy atom. The number of nitrogens with zero attached hydrogens (tertiary/aromatic N) is 3. The predicted octanol–water partition coefficient (Wildman–Crippen LogP) is 3.07. The molecule has 1 heterocycles. The summed E-state index contributed by atoms with van der Waals surface area (Å²) >= 11 is 1.36. The molecule has 27 heavy (non-hydrogen) atoms. The zero-order chi connectivity index (χ0) is 18.9. The van der Waals surface area contributed by atoms with Crippen LogP contribution in [-0.2, 0) is 13.0 Å². The average molecular weight is 501 g/mol. The van der Waals surface area contributed by atoms with Gasteiger partial charge in [-0.05, 0) is 24.5 Å². The van der Waals surface area contributed by atoms with Crippen molar-refractivity contribution < 1.29 is 4.79 Å². The summed E-state index contributed by atoms with van der Waals surface area (Å²) < 4.78 is 0. The fraction of sp³-hybridized carbons (Fsp3) is 0.421. The van der Waals surface area contributed by atoms with Crippen LogP contribution in [0.4, 0.5) is 0 Å². The first-order valence-electron chi connectivity index (χ1n) is 8.73. The molecule has 8 heteroatoms. The van der Waals surface area contributed by atoms with Gasteiger partial charge in [0.1, 0.15) is 4.88 Å². The Morgan fingerprint density at radius 2 is 1.81 bits per heavy atom. The first-order valence-corrected chi connectivity index (χ1v) is 9.61. The number of halogens is 1. The van der Waals surface area contributed by atoms with Crippen molar-refractivity contribution in [3.8, 4) is 0 Å². The molecule has 1 amide bonds. The summed E-state index contributed by atoms with van der Waals surface area (Å²) in [6.07, 6.45) is 1.05. The van der Waals surface area contributed by atoms with E-state index in [1.807, 2.05) is 14.0 Å². The number of aromatic nitrogens is 1. The molecular formula is C19H28IN5OS. The minimum absolute atomic E-state index is 0. The maximum absolute atomic E-state index is 12.1. The molecule has 0 saturated heterocycles. The van der Waals surface area contributed by atoms with Gasteiger partial charge < -0.3 is 15.5 Å². The first kappa shape index (κ1) is 23.4. The average Bonchev–Trinajstić information content (AvgIpc) is 3.08. The molecule has 0 spiro atoms. The van der Waals surface area contributed by atoms with Crippen molar-refractivity contribution in [2.75, 3.05) is 27.2 Å². The monoisotopic (exact) mass is 501 g/mol. The van der Waals surface area contributed by atoms with Gasteiger partial charge >= 0.3 is 0 Å². The van der Waals surface area contributed by atoms with Crippen LogP contribution in [-0.4, -0.2) is 48.9 Å². The summed E-state index contributed by atoms with van der Waals surface area (Å²) in [5, 5.41) is 6.18. The van der Waals surface area contributed by atoms with Gasteiger partial charge in [-0.15, -0.1) is 35.3 Å². The van der Waals surface area contributed by atoms with Crippen molar-refractivity contribution in [1.82, 2.24) is 20.5 Å². The molecular weight excluding hydrogens is 473 g/mol. The van der Waals surface area contributed by atoms with E-state index in [-0.39, 0.29) is 29.9 Å². The third-order valence-corrected chi connectivity index (χ3v) is 5.00. The van der Waals surface area contributed by atoms with Crippen LogP contribution in [0.1, 0.15) is 33.4 Å². The molecule has 6 nitrogen and oxygen atoms in total. The van der Waals surface area contributed by atoms with Crippen molar-refractivity contribution in [3.05, 3.63) is 51.5 Å². The third-order valence-electron chi connectivity index (χ3n) is 4.07. The molecule has 0 saturated carbocycles. The fourth-order valence-electron chi connectivity index (χ4n) is 2.56. The van der Waals surface area contributed by atoms with Gasteiger partial charge in [0.25, 0.3) is 5.91 Å². The van der Waals surface area contributed by atoms with Crippen molar-refractivity contribution >= 4 is 47.2 Å². The largest absolute Gasteiger partial charge is 0.354 e. The molecule has 2 aromatic rings. The molecule has 0 aliphatic carbocycles. The van der Waals surface area contributed by atoms with Gasteiger partial charge in [0, 0.05) is 33.7 Å². The number of benzene rings is 1. The highest BCUT2D eigenvalue weighted by Gasteiger charge is 2.11. The number of hydrogen-bond acceptors (Lipinski definition) is 4. The smallest absolute Gasteiger partial charge is 0.263 e. The van der Waals surface area contributed by atoms with Gasteiger partial charge in [-0.25, -0.2) is 4.98 Å². The summed E-state index contributed by atoms with van der Waals surface area (Å²) in [7, 11) is 3.76. The number of amides is 1. The molecule has 0 unspecified atom stereocenters. The highest BCUT2D eigenvalue weighted by atomic mass is 127. The SMILES string of the molecule is CCc1ccc(CN(C)C(=NC)NCCNC(=O)c2scnc2C)cc1.I. The number of rotatable bonds is 7. The summed E-state index contributed by atoms with van der Waals surface area (Å²) in [5.41, 5.74) is 5.03. The van der Waals surface area contributed by atoms with Crippen molar-refractivity contribution in [3.63, 3.8) is 0 Å². The Morgan fingerprint density at radius 3 is 2.37 bits per heavy atom. The molecule has 0 atom stereocenters. The van der Waals surface area contributed by atoms with Crippen LogP contribution >= 0.6 is 35.3 Å². The number of guanidine groups is 1. The minimum atomic E-state index is -0.0776. The standard InChI is InChI=1S/C19H27N5OS.HI/c1-5-15-6-8-16(9-7-15)12-24(4)19(20-3)22-11-10-21-18(25)17-14(2)23-13-26-17;/h6-9,13H,5,10-12H2,1-4H3,(H,20,22)(H,21,25);1H. The topological polar surface area (TPSA) is 69.6 Å². The number of carbonyl (C=O) groups is 1. The molecule has 0 aliphatic heterocycles. The second-order valence-corrected chi connectivity index (χ2v) is 6.88. The number of aliphatic imine (C=N–C) groups is 1. The van der Waals surface area contributed by atoms with Gasteiger partial charge in [-0.1, -0.05) is 31.2 Å². The number of hydrogen-bond donors (Lipinski definition) is 2. The van der Waals surface area contributed by atoms with E-state index in [0.717, 1.165) is 24.6 Å². The lowest BCUT2D eigenvalue weighted by molar-refractivity contribution is 0.0957. The lowest BCUT2D eigenvalue weighted by Gasteiger charge is -2.22. The first-order chi connectivity index (χ1) is 12.5. The van der Waals surface area contributed by atoms with Gasteiger partial charge in [0.2, 0.25) is 0 Å². The molecule has 1 aromatic carbocycles. The van der Waals surface area contributed by atoms with Gasteiger partial charge in [0.05, 0.1) is 11.2 Å². The van der Waals surface area contributed by atoms with E-state index >= 15 is 0 Å². The van der Waals surface area contributed by atoms with E-state index in [9.17, 15) is 4.79 Å². The second kappa shape index (κ2) is 11.9. The molecule has 1 aromatic heterocycles. The van der Waals surface area contributed by atoms with E-state index in [0.29, 0.717) is 18.0 Å². The summed E-state index contributed by atoms with van der Waals surface area (Å²) in [6, 6.07) is 8.63. The van der Waals surface area contributed by atoms with Crippen LogP contribution in [0.15, 0.2) is 34.8 Å². The summed E-state index contributed by atoms with van der Waals surface area (Å²) in [6.45, 7) is 5.90. The van der Waals surface area contributed by atoms with Crippen LogP contribution in [0, 0.1) is 6.92 Å². The fourth-order valence-corrected chi connectivity index (χ4v) is 3.28. The number of thiazole rings is 1. The molecule has 0 aliphatic rings. The highest BCUT2D eigenvalue weighted by molar-refractivity contribution is 14.0. The maximum atomic E-state index is 12.1. The van der Waals surface area contributed by atoms with Gasteiger partial charge in [0.15, 0.2) is 5.96 Å². The van der Waals surface area contributed by atoms with Crippen molar-refractivity contribution in [2.24, 2.45) is 4.99 Å². The quantitative estimate of drug-likeness (QED) is 0.265. The molecule has 0 fully saturated rings. The van der Waals surface area contributed by atoms with E-state index in [1.165, 1.54) is 22.5 Å². The predicted molar refractivity (Wildman–Crippen MR) is 123 cm³/mol. The molecule has 0 bridgehead atoms. The zero-order valence-electron chi connectivity index (χ0n) is 16.3. The van der Waals surface area contributed by atoms with Gasteiger partial charge in [-0.3, -0.25) is 9.79 Å². The van der Waals surface area contributed by atoms with Crippen LogP contribution < -0.4 is 10.6 Å². The minimum Gasteiger partial charge on any atom is -0.354 e. The Hall–Kier alpha value is -1.68. The normalized spacial score (nSPS) is 10.9. The highest BCUT2D eigenvalue weighted by Crippen LogP contribution is 2.11. The third kappa shape index (κ3) is 7.10. The van der Waals surface area contributed by atoms with E-state index in [1.54, 1.807) is 12.6 Å². The summed E-state index contributed by atoms with van der Waals surface area (Å²) in [4.78, 5) is 23.2. The Bertz CT molecular complexity index is 745. The Labute approximate surface area is 182 Å². The van der Waals surface area contributed by atoms with E-state index in [4.69, 9.17) is 0 Å². The van der Waals surface area contributed by atoms with Crippen molar-refractivity contribution in [1.29, 1.82) is 0 Å². The van der Waals surface area contributed by atoms with E-state index < -0.39 is 0 Å². The molecule has 2 rings (SSSR count). The van der Waals surface area contributed by atoms with E-state index in [2.05, 4.69) is 56.7 Å². The number of nitrogens with one attached hydrogen (secondary N) is 2. The van der Waals surface area contributed by atoms with Crippen LogP contribution in [0.3, 0.4) is 0 Å². The van der Waals surface area contributed by atoms with Crippen LogP contribution in [0.5, 0.6) is 0 Å². The van der Waals surface area contributed by atoms with Crippen LogP contribution in [0.25, 0.3) is 0 Å². The lowest BCUT2D eigenvalue weighted by atomic mass is 10.1. The number of carbonyl (C=O) groups excluding carboxylic acids is 1. The Kier molecular flexibility index (Phi) is 10.3.